The number of aliphatic hydroxyl groups is 1. The van der Waals surface area contributed by atoms with Crippen LogP contribution in [0.5, 0.6) is 0 Å². The molecule has 1 aliphatic rings. The van der Waals surface area contributed by atoms with Crippen LogP contribution in [0.15, 0.2) is 12.3 Å². The molecule has 0 heterocycles. The van der Waals surface area contributed by atoms with Crippen LogP contribution in [0.25, 0.3) is 0 Å². The van der Waals surface area contributed by atoms with Gasteiger partial charge in [-0.2, -0.15) is 13.2 Å². The van der Waals surface area contributed by atoms with Gasteiger partial charge in [0.2, 0.25) is 5.91 Å². The molecule has 2 N–H and O–H groups in total. The number of alkyl halides is 3. The molecule has 0 saturated heterocycles. The molecular weight excluding hydrogens is 251 g/mol. The molecule has 0 unspecified atom stereocenters. The Morgan fingerprint density at radius 2 is 2.11 bits per heavy atom. The van der Waals surface area contributed by atoms with Gasteiger partial charge in [0.1, 0.15) is 0 Å². The summed E-state index contributed by atoms with van der Waals surface area (Å²) in [5.74, 6) is -0.666. The molecule has 1 aliphatic carbocycles. The fourth-order valence-electron chi connectivity index (χ4n) is 1.22. The van der Waals surface area contributed by atoms with E-state index in [4.69, 9.17) is 0 Å². The number of hydrogen-bond acceptors (Lipinski definition) is 3. The van der Waals surface area contributed by atoms with Crippen molar-refractivity contribution in [1.29, 1.82) is 0 Å². The summed E-state index contributed by atoms with van der Waals surface area (Å²) in [6.45, 7) is 0.889. The second-order valence-corrected chi connectivity index (χ2v) is 4.17. The molecule has 1 saturated carbocycles. The summed E-state index contributed by atoms with van der Waals surface area (Å²) in [6.07, 6.45) is -2.21. The Kier molecular flexibility index (Phi) is 4.61. The molecule has 1 fully saturated rings. The standard InChI is InChI=1S/C11H16F3NO3/c1-2-18-6-5-10(17,11(12,13)14)7-15-9(16)8-3-4-8/h5-6,8,17H,2-4,7H2,1H3,(H,15,16)/b6-5+/t10-/m0/s1. The molecule has 104 valence electrons. The minimum absolute atomic E-state index is 0.193. The molecule has 7 heteroatoms. The van der Waals surface area contributed by atoms with E-state index in [0.717, 1.165) is 6.26 Å². The third-order valence-corrected chi connectivity index (χ3v) is 2.58. The Balaban J connectivity index is 2.61. The molecule has 0 spiro atoms. The van der Waals surface area contributed by atoms with E-state index in [2.05, 4.69) is 10.1 Å². The van der Waals surface area contributed by atoms with Crippen molar-refractivity contribution in [3.05, 3.63) is 12.3 Å². The van der Waals surface area contributed by atoms with Crippen molar-refractivity contribution in [3.63, 3.8) is 0 Å². The lowest BCUT2D eigenvalue weighted by atomic mass is 10.0. The van der Waals surface area contributed by atoms with Crippen LogP contribution >= 0.6 is 0 Å². The smallest absolute Gasteiger partial charge is 0.422 e. The second-order valence-electron chi connectivity index (χ2n) is 4.17. The number of halogens is 3. The van der Waals surface area contributed by atoms with E-state index < -0.39 is 24.2 Å². The van der Waals surface area contributed by atoms with Gasteiger partial charge >= 0.3 is 6.18 Å². The molecule has 0 bridgehead atoms. The highest BCUT2D eigenvalue weighted by Gasteiger charge is 2.52. The molecule has 18 heavy (non-hydrogen) atoms. The van der Waals surface area contributed by atoms with Crippen LogP contribution in [-0.4, -0.2) is 35.9 Å². The highest BCUT2D eigenvalue weighted by molar-refractivity contribution is 5.80. The maximum absolute atomic E-state index is 12.7. The summed E-state index contributed by atoms with van der Waals surface area (Å²) in [5, 5.41) is 11.6. The maximum atomic E-state index is 12.7. The number of carbonyl (C=O) groups is 1. The summed E-state index contributed by atoms with van der Waals surface area (Å²) < 4.78 is 42.7. The van der Waals surface area contributed by atoms with Gasteiger partial charge < -0.3 is 15.2 Å². The van der Waals surface area contributed by atoms with Crippen LogP contribution < -0.4 is 5.32 Å². The first-order valence-electron chi connectivity index (χ1n) is 5.66. The van der Waals surface area contributed by atoms with Crippen LogP contribution in [-0.2, 0) is 9.53 Å². The molecule has 1 rings (SSSR count). The minimum atomic E-state index is -4.88. The van der Waals surface area contributed by atoms with Crippen molar-refractivity contribution < 1.29 is 27.8 Å². The normalized spacial score (nSPS) is 19.6. The molecule has 4 nitrogen and oxygen atoms in total. The number of nitrogens with one attached hydrogen (secondary N) is 1. The van der Waals surface area contributed by atoms with Crippen LogP contribution in [0.4, 0.5) is 13.2 Å². The van der Waals surface area contributed by atoms with Gasteiger partial charge in [0, 0.05) is 5.92 Å². The van der Waals surface area contributed by atoms with Gasteiger partial charge in [-0.1, -0.05) is 0 Å². The predicted molar refractivity (Wildman–Crippen MR) is 57.5 cm³/mol. The number of ether oxygens (including phenoxy) is 1. The van der Waals surface area contributed by atoms with Crippen LogP contribution in [0, 0.1) is 5.92 Å². The van der Waals surface area contributed by atoms with Crippen molar-refractivity contribution in [2.75, 3.05) is 13.2 Å². The van der Waals surface area contributed by atoms with E-state index >= 15 is 0 Å². The second kappa shape index (κ2) is 5.60. The van der Waals surface area contributed by atoms with Crippen LogP contribution in [0.2, 0.25) is 0 Å². The summed E-state index contributed by atoms with van der Waals surface area (Å²) in [7, 11) is 0. The monoisotopic (exact) mass is 267 g/mol. The molecule has 0 radical (unpaired) electrons. The predicted octanol–water partition coefficient (Wildman–Crippen LogP) is 1.36. The van der Waals surface area contributed by atoms with Crippen molar-refractivity contribution >= 4 is 5.91 Å². The highest BCUT2D eigenvalue weighted by atomic mass is 19.4. The van der Waals surface area contributed by atoms with Crippen molar-refractivity contribution in [2.24, 2.45) is 5.92 Å². The molecular formula is C11H16F3NO3. The SMILES string of the molecule is CCO/C=C/[C@](O)(CNC(=O)C1CC1)C(F)(F)F. The zero-order valence-corrected chi connectivity index (χ0v) is 9.96. The van der Waals surface area contributed by atoms with Gasteiger partial charge in [0.25, 0.3) is 0 Å². The number of carbonyl (C=O) groups excluding carboxylic acids is 1. The Labute approximate surface area is 103 Å². The zero-order chi connectivity index (χ0) is 13.8. The summed E-state index contributed by atoms with van der Waals surface area (Å²) in [4.78, 5) is 11.3. The van der Waals surface area contributed by atoms with Gasteiger partial charge in [-0.15, -0.1) is 0 Å². The summed E-state index contributed by atoms with van der Waals surface area (Å²) in [6, 6.07) is 0. The van der Waals surface area contributed by atoms with E-state index in [1.807, 2.05) is 0 Å². The number of rotatable bonds is 6. The lowest BCUT2D eigenvalue weighted by Gasteiger charge is -2.27. The first-order chi connectivity index (χ1) is 8.30. The van der Waals surface area contributed by atoms with Crippen molar-refractivity contribution in [1.82, 2.24) is 5.32 Å². The number of amides is 1. The fraction of sp³-hybridized carbons (Fsp3) is 0.727. The van der Waals surface area contributed by atoms with Gasteiger partial charge in [0.15, 0.2) is 5.60 Å². The Morgan fingerprint density at radius 3 is 2.56 bits per heavy atom. The molecule has 1 amide bonds. The third-order valence-electron chi connectivity index (χ3n) is 2.58. The molecule has 0 aromatic carbocycles. The Hall–Kier alpha value is -1.24. The summed E-state index contributed by atoms with van der Waals surface area (Å²) >= 11 is 0. The molecule has 1 atom stereocenters. The maximum Gasteiger partial charge on any atom is 0.422 e. The lowest BCUT2D eigenvalue weighted by molar-refractivity contribution is -0.237. The van der Waals surface area contributed by atoms with E-state index in [0.29, 0.717) is 18.9 Å². The minimum Gasteiger partial charge on any atom is -0.502 e. The lowest BCUT2D eigenvalue weighted by Crippen LogP contribution is -2.52. The topological polar surface area (TPSA) is 58.6 Å². The van der Waals surface area contributed by atoms with Gasteiger partial charge in [-0.25, -0.2) is 0 Å². The van der Waals surface area contributed by atoms with E-state index in [9.17, 15) is 23.1 Å². The van der Waals surface area contributed by atoms with Crippen molar-refractivity contribution in [2.45, 2.75) is 31.5 Å². The van der Waals surface area contributed by atoms with Gasteiger partial charge in [-0.05, 0) is 25.8 Å². The third kappa shape index (κ3) is 3.90. The first kappa shape index (κ1) is 14.8. The molecule has 0 aromatic rings. The van der Waals surface area contributed by atoms with Gasteiger partial charge in [0.05, 0.1) is 19.4 Å². The molecule has 0 aromatic heterocycles. The fourth-order valence-corrected chi connectivity index (χ4v) is 1.22. The highest BCUT2D eigenvalue weighted by Crippen LogP contribution is 2.32. The largest absolute Gasteiger partial charge is 0.502 e. The average molecular weight is 267 g/mol. The van der Waals surface area contributed by atoms with Crippen molar-refractivity contribution in [3.8, 4) is 0 Å². The van der Waals surface area contributed by atoms with E-state index in [1.165, 1.54) is 0 Å². The van der Waals surface area contributed by atoms with Crippen LogP contribution in [0.1, 0.15) is 19.8 Å². The van der Waals surface area contributed by atoms with E-state index in [-0.39, 0.29) is 12.5 Å². The average Bonchev–Trinajstić information content (AvgIpc) is 3.08. The summed E-state index contributed by atoms with van der Waals surface area (Å²) in [5.41, 5.74) is -3.10. The van der Waals surface area contributed by atoms with Crippen LogP contribution in [0.3, 0.4) is 0 Å². The first-order valence-corrected chi connectivity index (χ1v) is 5.66. The van der Waals surface area contributed by atoms with Gasteiger partial charge in [-0.3, -0.25) is 4.79 Å². The Bertz CT molecular complexity index is 326. The Morgan fingerprint density at radius 1 is 1.50 bits per heavy atom. The number of hydrogen-bond donors (Lipinski definition) is 2. The zero-order valence-electron chi connectivity index (χ0n) is 9.96. The molecule has 0 aliphatic heterocycles. The quantitative estimate of drug-likeness (QED) is 0.714. The van der Waals surface area contributed by atoms with E-state index in [1.54, 1.807) is 6.92 Å².